The Morgan fingerprint density at radius 2 is 2.32 bits per heavy atom. The van der Waals surface area contributed by atoms with Crippen molar-refractivity contribution in [1.29, 1.82) is 0 Å². The molecule has 0 atom stereocenters. The zero-order valence-corrected chi connectivity index (χ0v) is 11.1. The lowest BCUT2D eigenvalue weighted by Crippen LogP contribution is -2.82. The Morgan fingerprint density at radius 3 is 2.84 bits per heavy atom. The summed E-state index contributed by atoms with van der Waals surface area (Å²) in [4.78, 5) is 10.2. The summed E-state index contributed by atoms with van der Waals surface area (Å²) >= 11 is 4.82. The quantitative estimate of drug-likeness (QED) is 0.238. The average molecular weight is 285 g/mol. The van der Waals surface area contributed by atoms with Crippen LogP contribution in [0, 0.1) is 10.1 Å². The Hall–Kier alpha value is -2.42. The number of nitro benzene ring substituents is 1. The van der Waals surface area contributed by atoms with E-state index in [0.717, 1.165) is 6.07 Å². The molecule has 4 N–H and O–H groups in total. The van der Waals surface area contributed by atoms with Crippen LogP contribution in [0.1, 0.15) is 5.56 Å². The van der Waals surface area contributed by atoms with E-state index in [0.29, 0.717) is 5.11 Å². The van der Waals surface area contributed by atoms with E-state index in [1.165, 1.54) is 19.4 Å². The van der Waals surface area contributed by atoms with Gasteiger partial charge in [0, 0.05) is 13.1 Å². The molecule has 0 aliphatic rings. The predicted octanol–water partition coefficient (Wildman–Crippen LogP) is -1.18. The van der Waals surface area contributed by atoms with Crippen molar-refractivity contribution >= 4 is 29.2 Å². The van der Waals surface area contributed by atoms with E-state index in [9.17, 15) is 15.2 Å². The van der Waals surface area contributed by atoms with Crippen molar-refractivity contribution in [3.63, 3.8) is 0 Å². The SMILES string of the molecule is CNC(=S)N[NH+]=Cc1cc([N+](=O)[O-])cc(OC)c1O. The molecule has 19 heavy (non-hydrogen) atoms. The molecule has 1 aromatic carbocycles. The highest BCUT2D eigenvalue weighted by molar-refractivity contribution is 7.80. The normalized spacial score (nSPS) is 10.2. The first-order valence-electron chi connectivity index (χ1n) is 5.11. The summed E-state index contributed by atoms with van der Waals surface area (Å²) in [6.07, 6.45) is 1.33. The molecule has 0 aromatic heterocycles. The van der Waals surface area contributed by atoms with Gasteiger partial charge in [0.2, 0.25) is 11.3 Å². The molecular weight excluding hydrogens is 272 g/mol. The largest absolute Gasteiger partial charge is 0.504 e. The van der Waals surface area contributed by atoms with Gasteiger partial charge < -0.3 is 15.2 Å². The van der Waals surface area contributed by atoms with Crippen LogP contribution in [0.5, 0.6) is 11.5 Å². The molecule has 0 aliphatic heterocycles. The van der Waals surface area contributed by atoms with Crippen LogP contribution < -0.4 is 20.6 Å². The highest BCUT2D eigenvalue weighted by Crippen LogP contribution is 2.32. The average Bonchev–Trinajstić information content (AvgIpc) is 2.40. The van der Waals surface area contributed by atoms with Crippen LogP contribution in [0.3, 0.4) is 0 Å². The first kappa shape index (κ1) is 14.6. The minimum Gasteiger partial charge on any atom is -0.504 e. The molecule has 0 amide bonds. The predicted molar refractivity (Wildman–Crippen MR) is 72.2 cm³/mol. The summed E-state index contributed by atoms with van der Waals surface area (Å²) in [6.45, 7) is 0. The Kier molecular flexibility index (Phi) is 5.01. The lowest BCUT2D eigenvalue weighted by molar-refractivity contribution is -0.500. The minimum absolute atomic E-state index is 0.0124. The van der Waals surface area contributed by atoms with Gasteiger partial charge in [0.05, 0.1) is 23.7 Å². The number of nitrogens with one attached hydrogen (secondary N) is 3. The molecule has 0 bridgehead atoms. The second-order valence-corrected chi connectivity index (χ2v) is 3.74. The van der Waals surface area contributed by atoms with Gasteiger partial charge in [-0.3, -0.25) is 10.1 Å². The van der Waals surface area contributed by atoms with Crippen molar-refractivity contribution in [2.75, 3.05) is 14.2 Å². The molecule has 1 rings (SSSR count). The number of aromatic hydroxyl groups is 1. The van der Waals surface area contributed by atoms with Gasteiger partial charge >= 0.3 is 0 Å². The van der Waals surface area contributed by atoms with Gasteiger partial charge in [0.15, 0.2) is 11.5 Å². The number of nitro groups is 1. The molecule has 0 radical (unpaired) electrons. The number of nitrogens with zero attached hydrogens (tertiary/aromatic N) is 1. The van der Waals surface area contributed by atoms with Gasteiger partial charge in [0.1, 0.15) is 0 Å². The zero-order chi connectivity index (χ0) is 14.4. The highest BCUT2D eigenvalue weighted by atomic mass is 32.1. The van der Waals surface area contributed by atoms with Gasteiger partial charge in [-0.2, -0.15) is 0 Å². The van der Waals surface area contributed by atoms with E-state index in [2.05, 4.69) is 15.8 Å². The third kappa shape index (κ3) is 3.78. The van der Waals surface area contributed by atoms with Crippen LogP contribution in [0.25, 0.3) is 0 Å². The fraction of sp³-hybridized carbons (Fsp3) is 0.200. The summed E-state index contributed by atoms with van der Waals surface area (Å²) in [7, 11) is 2.94. The molecule has 0 spiro atoms. The van der Waals surface area contributed by atoms with Crippen molar-refractivity contribution < 1.29 is 19.9 Å². The third-order valence-electron chi connectivity index (χ3n) is 2.16. The van der Waals surface area contributed by atoms with Crippen molar-refractivity contribution in [3.05, 3.63) is 27.8 Å². The van der Waals surface area contributed by atoms with E-state index in [1.54, 1.807) is 7.05 Å². The van der Waals surface area contributed by atoms with Gasteiger partial charge in [-0.25, -0.2) is 0 Å². The fourth-order valence-electron chi connectivity index (χ4n) is 1.23. The molecule has 0 heterocycles. The molecule has 0 saturated heterocycles. The minimum atomic E-state index is -0.578. The topological polar surface area (TPSA) is 111 Å². The molecule has 0 fully saturated rings. The van der Waals surface area contributed by atoms with Crippen LogP contribution in [-0.4, -0.2) is 35.5 Å². The molecule has 8 nitrogen and oxygen atoms in total. The number of phenolic OH excluding ortho intramolecular Hbond substituents is 1. The smallest absolute Gasteiger partial charge is 0.274 e. The molecule has 9 heteroatoms. The fourth-order valence-corrected chi connectivity index (χ4v) is 1.29. The number of benzene rings is 1. The molecule has 1 aromatic rings. The maximum atomic E-state index is 10.7. The number of rotatable bonds is 4. The summed E-state index contributed by atoms with van der Waals surface area (Å²) < 4.78 is 4.86. The number of methoxy groups -OCH3 is 1. The second kappa shape index (κ2) is 6.50. The van der Waals surface area contributed by atoms with Gasteiger partial charge in [-0.15, -0.1) is 10.5 Å². The van der Waals surface area contributed by atoms with Crippen LogP contribution in [-0.2, 0) is 0 Å². The number of non-ortho nitro benzene ring substituents is 1. The number of hydrazine groups is 1. The monoisotopic (exact) mass is 285 g/mol. The molecular formula is C10H13N4O4S+. The zero-order valence-electron chi connectivity index (χ0n) is 10.3. The number of hydrazone groups is 1. The summed E-state index contributed by atoms with van der Waals surface area (Å²) in [5.74, 6) is -0.198. The van der Waals surface area contributed by atoms with Crippen LogP contribution in [0.15, 0.2) is 12.1 Å². The van der Waals surface area contributed by atoms with Crippen molar-refractivity contribution in [1.82, 2.24) is 10.7 Å². The highest BCUT2D eigenvalue weighted by Gasteiger charge is 2.17. The van der Waals surface area contributed by atoms with Crippen LogP contribution >= 0.6 is 12.2 Å². The van der Waals surface area contributed by atoms with E-state index in [1.807, 2.05) is 0 Å². The van der Waals surface area contributed by atoms with Crippen LogP contribution in [0.4, 0.5) is 5.69 Å². The Morgan fingerprint density at radius 1 is 1.63 bits per heavy atom. The second-order valence-electron chi connectivity index (χ2n) is 3.34. The number of ether oxygens (including phenoxy) is 1. The first-order chi connectivity index (χ1) is 8.99. The summed E-state index contributed by atoms with van der Waals surface area (Å²) in [5.41, 5.74) is 2.58. The van der Waals surface area contributed by atoms with E-state index in [4.69, 9.17) is 17.0 Å². The number of phenols is 1. The van der Waals surface area contributed by atoms with Crippen molar-refractivity contribution in [3.8, 4) is 11.5 Å². The summed E-state index contributed by atoms with van der Waals surface area (Å²) in [5, 5.41) is 26.2. The Labute approximate surface area is 114 Å². The Bertz CT molecular complexity index is 533. The number of thiocarbonyl (C=S) groups is 1. The lowest BCUT2D eigenvalue weighted by Gasteiger charge is -2.04. The van der Waals surface area contributed by atoms with Gasteiger partial charge in [-0.1, -0.05) is 0 Å². The maximum Gasteiger partial charge on any atom is 0.274 e. The maximum absolute atomic E-state index is 10.7. The van der Waals surface area contributed by atoms with Gasteiger partial charge in [-0.05, 0) is 12.2 Å². The first-order valence-corrected chi connectivity index (χ1v) is 5.52. The molecule has 0 unspecified atom stereocenters. The summed E-state index contributed by atoms with van der Waals surface area (Å²) in [6, 6.07) is 2.34. The lowest BCUT2D eigenvalue weighted by atomic mass is 10.2. The molecule has 102 valence electrons. The van der Waals surface area contributed by atoms with E-state index >= 15 is 0 Å². The number of hydrogen-bond acceptors (Lipinski definition) is 5. The Balaban J connectivity index is 3.08. The van der Waals surface area contributed by atoms with Crippen LogP contribution in [0.2, 0.25) is 0 Å². The van der Waals surface area contributed by atoms with E-state index < -0.39 is 4.92 Å². The van der Waals surface area contributed by atoms with Crippen molar-refractivity contribution in [2.24, 2.45) is 0 Å². The van der Waals surface area contributed by atoms with Gasteiger partial charge in [0.25, 0.3) is 5.69 Å². The molecule has 0 saturated carbocycles. The third-order valence-corrected chi connectivity index (χ3v) is 2.47. The van der Waals surface area contributed by atoms with E-state index in [-0.39, 0.29) is 22.7 Å². The number of hydrogen-bond donors (Lipinski definition) is 4. The molecule has 0 aliphatic carbocycles. The standard InChI is InChI=1S/C10H12N4O4S/c1-11-10(19)13-12-5-6-3-7(14(16)17)4-8(18-2)9(6)15/h3-5,15H,1-2H3,(H2,11,13,19)/p+1. The van der Waals surface area contributed by atoms with Crippen molar-refractivity contribution in [2.45, 2.75) is 0 Å².